The standard InChI is InChI=1S/C21H26O6/c1-16(2)21(22)27-14-12-25-10-9-24-11-13-26-18-7-8-19-17(15-18)5-4-6-20(19)23-3/h4-8,15H,1,9-14H2,2-3H3. The molecule has 0 aromatic heterocycles. The topological polar surface area (TPSA) is 63.2 Å². The number of ether oxygens (including phenoxy) is 5. The highest BCUT2D eigenvalue weighted by Crippen LogP contribution is 2.28. The minimum atomic E-state index is -0.404. The monoisotopic (exact) mass is 374 g/mol. The third kappa shape index (κ3) is 6.92. The highest BCUT2D eigenvalue weighted by molar-refractivity contribution is 5.89. The number of benzene rings is 2. The van der Waals surface area contributed by atoms with E-state index in [1.54, 1.807) is 14.0 Å². The number of fused-ring (bicyclic) bond motifs is 1. The Kier molecular flexibility index (Phi) is 8.61. The van der Waals surface area contributed by atoms with Gasteiger partial charge in [-0.05, 0) is 36.6 Å². The largest absolute Gasteiger partial charge is 0.496 e. The summed E-state index contributed by atoms with van der Waals surface area (Å²) in [5.41, 5.74) is 0.379. The fourth-order valence-corrected chi connectivity index (χ4v) is 2.36. The van der Waals surface area contributed by atoms with Gasteiger partial charge in [0.2, 0.25) is 0 Å². The number of rotatable bonds is 12. The minimum absolute atomic E-state index is 0.210. The number of hydrogen-bond donors (Lipinski definition) is 0. The Labute approximate surface area is 159 Å². The summed E-state index contributed by atoms with van der Waals surface area (Å²) in [5.74, 6) is 1.23. The van der Waals surface area contributed by atoms with Gasteiger partial charge in [0.1, 0.15) is 24.7 Å². The molecule has 2 aromatic carbocycles. The van der Waals surface area contributed by atoms with Crippen LogP contribution < -0.4 is 9.47 Å². The Morgan fingerprint density at radius 3 is 2.37 bits per heavy atom. The number of carbonyl (C=O) groups is 1. The van der Waals surface area contributed by atoms with Crippen molar-refractivity contribution in [3.8, 4) is 11.5 Å². The maximum atomic E-state index is 11.1. The smallest absolute Gasteiger partial charge is 0.333 e. The molecule has 0 N–H and O–H groups in total. The van der Waals surface area contributed by atoms with Crippen molar-refractivity contribution in [2.45, 2.75) is 6.92 Å². The van der Waals surface area contributed by atoms with E-state index in [4.69, 9.17) is 23.7 Å². The number of carbonyl (C=O) groups excluding carboxylic acids is 1. The minimum Gasteiger partial charge on any atom is -0.496 e. The molecule has 0 radical (unpaired) electrons. The van der Waals surface area contributed by atoms with Gasteiger partial charge in [-0.1, -0.05) is 18.7 Å². The SMILES string of the molecule is C=C(C)C(=O)OCCOCCOCCOc1ccc2c(OC)cccc2c1. The van der Waals surface area contributed by atoms with Crippen LogP contribution in [0.15, 0.2) is 48.6 Å². The van der Waals surface area contributed by atoms with Gasteiger partial charge in [0.15, 0.2) is 0 Å². The molecule has 0 bridgehead atoms. The predicted octanol–water partition coefficient (Wildman–Crippen LogP) is 3.38. The van der Waals surface area contributed by atoms with E-state index in [0.29, 0.717) is 38.6 Å². The van der Waals surface area contributed by atoms with E-state index in [1.807, 2.05) is 36.4 Å². The van der Waals surface area contributed by atoms with Gasteiger partial charge in [-0.25, -0.2) is 4.79 Å². The normalized spacial score (nSPS) is 10.6. The molecule has 146 valence electrons. The van der Waals surface area contributed by atoms with Crippen LogP contribution in [-0.2, 0) is 19.0 Å². The van der Waals surface area contributed by atoms with Crippen molar-refractivity contribution in [1.82, 2.24) is 0 Å². The molecule has 0 amide bonds. The van der Waals surface area contributed by atoms with Gasteiger partial charge in [-0.3, -0.25) is 0 Å². The van der Waals surface area contributed by atoms with Crippen LogP contribution in [0.3, 0.4) is 0 Å². The molecule has 0 aliphatic rings. The van der Waals surface area contributed by atoms with Crippen molar-refractivity contribution in [3.63, 3.8) is 0 Å². The second-order valence-corrected chi connectivity index (χ2v) is 5.83. The third-order valence-electron chi connectivity index (χ3n) is 3.71. The first-order valence-corrected chi connectivity index (χ1v) is 8.79. The molecule has 27 heavy (non-hydrogen) atoms. The Hall–Kier alpha value is -2.57. The van der Waals surface area contributed by atoms with Gasteiger partial charge < -0.3 is 23.7 Å². The van der Waals surface area contributed by atoms with Crippen LogP contribution in [0.25, 0.3) is 10.8 Å². The quantitative estimate of drug-likeness (QED) is 0.322. The molecule has 2 rings (SSSR count). The molecule has 0 aliphatic carbocycles. The molecule has 6 nitrogen and oxygen atoms in total. The molecule has 0 heterocycles. The van der Waals surface area contributed by atoms with Crippen molar-refractivity contribution < 1.29 is 28.5 Å². The van der Waals surface area contributed by atoms with Gasteiger partial charge in [0, 0.05) is 11.0 Å². The summed E-state index contributed by atoms with van der Waals surface area (Å²) in [6, 6.07) is 11.8. The van der Waals surface area contributed by atoms with Gasteiger partial charge in [0.05, 0.1) is 33.5 Å². The molecule has 0 spiro atoms. The van der Waals surface area contributed by atoms with E-state index >= 15 is 0 Å². The molecule has 2 aromatic rings. The lowest BCUT2D eigenvalue weighted by Crippen LogP contribution is -2.14. The summed E-state index contributed by atoms with van der Waals surface area (Å²) >= 11 is 0. The number of methoxy groups -OCH3 is 1. The second-order valence-electron chi connectivity index (χ2n) is 5.83. The van der Waals surface area contributed by atoms with Crippen LogP contribution in [0, 0.1) is 0 Å². The molecule has 0 saturated carbocycles. The maximum absolute atomic E-state index is 11.1. The lowest BCUT2D eigenvalue weighted by molar-refractivity contribution is -0.140. The van der Waals surface area contributed by atoms with Crippen LogP contribution in [0.1, 0.15) is 6.92 Å². The van der Waals surface area contributed by atoms with Crippen LogP contribution >= 0.6 is 0 Å². The highest BCUT2D eigenvalue weighted by atomic mass is 16.6. The average Bonchev–Trinajstić information content (AvgIpc) is 2.68. The van der Waals surface area contributed by atoms with Crippen LogP contribution in [0.5, 0.6) is 11.5 Å². The van der Waals surface area contributed by atoms with E-state index in [0.717, 1.165) is 22.3 Å². The van der Waals surface area contributed by atoms with Gasteiger partial charge >= 0.3 is 5.97 Å². The molecular weight excluding hydrogens is 348 g/mol. The molecule has 0 fully saturated rings. The van der Waals surface area contributed by atoms with E-state index in [1.165, 1.54) is 0 Å². The van der Waals surface area contributed by atoms with Crippen LogP contribution in [0.2, 0.25) is 0 Å². The van der Waals surface area contributed by atoms with Gasteiger partial charge in [-0.15, -0.1) is 0 Å². The summed E-state index contributed by atoms with van der Waals surface area (Å²) in [6.45, 7) is 7.45. The summed E-state index contributed by atoms with van der Waals surface area (Å²) in [5, 5.41) is 2.11. The Morgan fingerprint density at radius 1 is 0.963 bits per heavy atom. The van der Waals surface area contributed by atoms with E-state index in [9.17, 15) is 4.79 Å². The average molecular weight is 374 g/mol. The first-order chi connectivity index (χ1) is 13.1. The zero-order valence-electron chi connectivity index (χ0n) is 15.9. The first-order valence-electron chi connectivity index (χ1n) is 8.79. The van der Waals surface area contributed by atoms with Crippen molar-refractivity contribution in [2.24, 2.45) is 0 Å². The van der Waals surface area contributed by atoms with Crippen LogP contribution in [0.4, 0.5) is 0 Å². The third-order valence-corrected chi connectivity index (χ3v) is 3.71. The van der Waals surface area contributed by atoms with E-state index < -0.39 is 5.97 Å². The summed E-state index contributed by atoms with van der Waals surface area (Å²) in [7, 11) is 1.66. The Bertz CT molecular complexity index is 755. The van der Waals surface area contributed by atoms with Crippen LogP contribution in [-0.4, -0.2) is 52.7 Å². The van der Waals surface area contributed by atoms with Crippen molar-refractivity contribution in [2.75, 3.05) is 46.8 Å². The summed E-state index contributed by atoms with van der Waals surface area (Å²) in [6.07, 6.45) is 0. The molecule has 0 atom stereocenters. The van der Waals surface area contributed by atoms with Crippen molar-refractivity contribution in [3.05, 3.63) is 48.6 Å². The molecule has 0 aliphatic heterocycles. The van der Waals surface area contributed by atoms with E-state index in [2.05, 4.69) is 6.58 Å². The van der Waals surface area contributed by atoms with Crippen molar-refractivity contribution in [1.29, 1.82) is 0 Å². The number of hydrogen-bond acceptors (Lipinski definition) is 6. The zero-order chi connectivity index (χ0) is 19.5. The first kappa shape index (κ1) is 20.7. The van der Waals surface area contributed by atoms with Crippen molar-refractivity contribution >= 4 is 16.7 Å². The van der Waals surface area contributed by atoms with Gasteiger partial charge in [0.25, 0.3) is 0 Å². The Balaban J connectivity index is 1.56. The second kappa shape index (κ2) is 11.2. The molecular formula is C21H26O6. The van der Waals surface area contributed by atoms with E-state index in [-0.39, 0.29) is 6.61 Å². The lowest BCUT2D eigenvalue weighted by atomic mass is 10.1. The van der Waals surface area contributed by atoms with Gasteiger partial charge in [-0.2, -0.15) is 0 Å². The Morgan fingerprint density at radius 2 is 1.67 bits per heavy atom. The maximum Gasteiger partial charge on any atom is 0.333 e. The summed E-state index contributed by atoms with van der Waals surface area (Å²) < 4.78 is 26.7. The fourth-order valence-electron chi connectivity index (χ4n) is 2.36. The fraction of sp³-hybridized carbons (Fsp3) is 0.381. The molecule has 6 heteroatoms. The lowest BCUT2D eigenvalue weighted by Gasteiger charge is -2.10. The molecule has 0 unspecified atom stereocenters. The highest BCUT2D eigenvalue weighted by Gasteiger charge is 2.03. The zero-order valence-corrected chi connectivity index (χ0v) is 15.9. The predicted molar refractivity (Wildman–Crippen MR) is 103 cm³/mol. The number of esters is 1. The molecule has 0 saturated heterocycles. The summed E-state index contributed by atoms with van der Waals surface area (Å²) in [4.78, 5) is 11.1.